The highest BCUT2D eigenvalue weighted by Gasteiger charge is 2.37. The van der Waals surface area contributed by atoms with Crippen molar-refractivity contribution in [1.82, 2.24) is 4.98 Å². The van der Waals surface area contributed by atoms with Crippen molar-refractivity contribution >= 4 is 34.8 Å². The molecule has 2 rings (SSSR count). The average Bonchev–Trinajstić information content (AvgIpc) is 2.79. The maximum atomic E-state index is 13.0. The fourth-order valence-electron chi connectivity index (χ4n) is 1.73. The zero-order valence-corrected chi connectivity index (χ0v) is 11.7. The molecule has 0 amide bonds. The number of rotatable bonds is 1. The van der Waals surface area contributed by atoms with Crippen LogP contribution in [0.4, 0.5) is 13.2 Å². The minimum absolute atomic E-state index is 0.00816. The van der Waals surface area contributed by atoms with E-state index in [1.807, 2.05) is 4.98 Å². The van der Waals surface area contributed by atoms with Gasteiger partial charge in [0.25, 0.3) is 0 Å². The van der Waals surface area contributed by atoms with Gasteiger partial charge in [0.05, 0.1) is 20.6 Å². The lowest BCUT2D eigenvalue weighted by Crippen LogP contribution is -2.07. The predicted molar refractivity (Wildman–Crippen MR) is 71.0 cm³/mol. The van der Waals surface area contributed by atoms with Crippen molar-refractivity contribution < 1.29 is 13.2 Å². The molecule has 104 valence electrons. The summed E-state index contributed by atoms with van der Waals surface area (Å²) in [5, 5.41) is 8.84. The normalized spacial score (nSPS) is 11.4. The molecule has 2 nitrogen and oxygen atoms in total. The van der Waals surface area contributed by atoms with E-state index in [0.29, 0.717) is 0 Å². The van der Waals surface area contributed by atoms with Gasteiger partial charge in [0.1, 0.15) is 11.8 Å². The van der Waals surface area contributed by atoms with Crippen LogP contribution in [0.2, 0.25) is 15.1 Å². The summed E-state index contributed by atoms with van der Waals surface area (Å²) < 4.78 is 38.9. The van der Waals surface area contributed by atoms with Gasteiger partial charge in [0.2, 0.25) is 0 Å². The molecule has 0 fully saturated rings. The highest BCUT2D eigenvalue weighted by molar-refractivity contribution is 6.49. The number of hydrogen-bond donors (Lipinski definition) is 1. The summed E-state index contributed by atoms with van der Waals surface area (Å²) in [5.41, 5.74) is -1.60. The Hall–Kier alpha value is -1.35. The Labute approximate surface area is 126 Å². The van der Waals surface area contributed by atoms with Gasteiger partial charge < -0.3 is 4.98 Å². The van der Waals surface area contributed by atoms with Crippen LogP contribution in [0.25, 0.3) is 11.1 Å². The number of nitrogens with one attached hydrogen (secondary N) is 1. The molecule has 1 aromatic heterocycles. The third-order valence-electron chi connectivity index (χ3n) is 2.59. The van der Waals surface area contributed by atoms with E-state index in [-0.39, 0.29) is 31.8 Å². The number of aromatic amines is 1. The number of nitriles is 1. The second-order valence-corrected chi connectivity index (χ2v) is 4.95. The maximum Gasteiger partial charge on any atom is 0.431 e. The van der Waals surface area contributed by atoms with Crippen LogP contribution < -0.4 is 0 Å². The van der Waals surface area contributed by atoms with E-state index in [1.54, 1.807) is 6.07 Å². The first-order valence-corrected chi connectivity index (χ1v) is 6.23. The Morgan fingerprint density at radius 3 is 2.30 bits per heavy atom. The van der Waals surface area contributed by atoms with Crippen molar-refractivity contribution in [2.24, 2.45) is 0 Å². The summed E-state index contributed by atoms with van der Waals surface area (Å²) >= 11 is 17.5. The van der Waals surface area contributed by atoms with Crippen LogP contribution in [0.1, 0.15) is 11.3 Å². The zero-order chi connectivity index (χ0) is 15.1. The van der Waals surface area contributed by atoms with Gasteiger partial charge in [0, 0.05) is 17.3 Å². The molecule has 0 aliphatic heterocycles. The third kappa shape index (κ3) is 2.47. The zero-order valence-electron chi connectivity index (χ0n) is 9.45. The predicted octanol–water partition coefficient (Wildman–Crippen LogP) is 5.53. The van der Waals surface area contributed by atoms with Crippen molar-refractivity contribution in [3.05, 3.63) is 44.7 Å². The molecule has 1 N–H and O–H groups in total. The average molecular weight is 340 g/mol. The quantitative estimate of drug-likeness (QED) is 0.681. The molecule has 2 aromatic rings. The van der Waals surface area contributed by atoms with Crippen LogP contribution >= 0.6 is 34.8 Å². The summed E-state index contributed by atoms with van der Waals surface area (Å²) in [6.07, 6.45) is -3.68. The minimum atomic E-state index is -4.65. The molecule has 0 atom stereocenters. The maximum absolute atomic E-state index is 13.0. The van der Waals surface area contributed by atoms with E-state index < -0.39 is 11.9 Å². The molecule has 0 saturated carbocycles. The van der Waals surface area contributed by atoms with Crippen LogP contribution in [0.3, 0.4) is 0 Å². The second-order valence-electron chi connectivity index (χ2n) is 3.78. The number of halogens is 6. The van der Waals surface area contributed by atoms with Crippen molar-refractivity contribution in [3.8, 4) is 17.2 Å². The fraction of sp³-hybridized carbons (Fsp3) is 0.0833. The SMILES string of the molecule is N#Cc1c[nH]c(C(F)(F)F)c1-c1ccc(Cl)c(Cl)c1Cl. The lowest BCUT2D eigenvalue weighted by molar-refractivity contribution is -0.140. The Bertz CT molecular complexity index is 714. The first-order valence-electron chi connectivity index (χ1n) is 5.10. The Morgan fingerprint density at radius 1 is 1.10 bits per heavy atom. The van der Waals surface area contributed by atoms with Crippen LogP contribution in [0, 0.1) is 11.3 Å². The van der Waals surface area contributed by atoms with Gasteiger partial charge in [-0.2, -0.15) is 18.4 Å². The highest BCUT2D eigenvalue weighted by Crippen LogP contribution is 2.44. The first-order chi connectivity index (χ1) is 9.27. The summed E-state index contributed by atoms with van der Waals surface area (Å²) in [6, 6.07) is 4.29. The van der Waals surface area contributed by atoms with Crippen LogP contribution in [-0.2, 0) is 6.18 Å². The Kier molecular flexibility index (Phi) is 3.92. The minimum Gasteiger partial charge on any atom is -0.356 e. The van der Waals surface area contributed by atoms with E-state index >= 15 is 0 Å². The molecule has 0 radical (unpaired) electrons. The number of benzene rings is 1. The van der Waals surface area contributed by atoms with Crippen molar-refractivity contribution in [2.45, 2.75) is 6.18 Å². The molecule has 20 heavy (non-hydrogen) atoms. The van der Waals surface area contributed by atoms with Crippen molar-refractivity contribution in [2.75, 3.05) is 0 Å². The monoisotopic (exact) mass is 338 g/mol. The fourth-order valence-corrected chi connectivity index (χ4v) is 2.36. The van der Waals surface area contributed by atoms with Crippen LogP contribution in [-0.4, -0.2) is 4.98 Å². The topological polar surface area (TPSA) is 39.6 Å². The highest BCUT2D eigenvalue weighted by atomic mass is 35.5. The molecule has 0 aliphatic carbocycles. The first kappa shape index (κ1) is 15.0. The largest absolute Gasteiger partial charge is 0.431 e. The van der Waals surface area contributed by atoms with E-state index in [0.717, 1.165) is 6.20 Å². The summed E-state index contributed by atoms with van der Waals surface area (Å²) in [4.78, 5) is 2.04. The lowest BCUT2D eigenvalue weighted by Gasteiger charge is -2.11. The van der Waals surface area contributed by atoms with E-state index in [9.17, 15) is 13.2 Å². The molecule has 0 unspecified atom stereocenters. The van der Waals surface area contributed by atoms with Gasteiger partial charge in [0.15, 0.2) is 0 Å². The molecule has 0 saturated heterocycles. The number of nitrogens with zero attached hydrogens (tertiary/aromatic N) is 1. The van der Waals surface area contributed by atoms with E-state index in [1.165, 1.54) is 12.1 Å². The molecule has 0 spiro atoms. The number of hydrogen-bond acceptors (Lipinski definition) is 1. The van der Waals surface area contributed by atoms with Gasteiger partial charge >= 0.3 is 6.18 Å². The lowest BCUT2D eigenvalue weighted by atomic mass is 10.0. The summed E-state index contributed by atoms with van der Waals surface area (Å²) in [7, 11) is 0. The number of alkyl halides is 3. The standard InChI is InChI=1S/C12H4Cl3F3N2/c13-7-2-1-6(9(14)10(7)15)8-5(3-19)4-20-11(8)12(16,17)18/h1-2,4,20H. The van der Waals surface area contributed by atoms with Gasteiger partial charge in [-0.05, 0) is 6.07 Å². The molecule has 0 aliphatic rings. The molecule has 1 heterocycles. The van der Waals surface area contributed by atoms with E-state index in [4.69, 9.17) is 40.1 Å². The molecule has 0 bridgehead atoms. The van der Waals surface area contributed by atoms with Crippen molar-refractivity contribution in [3.63, 3.8) is 0 Å². The van der Waals surface area contributed by atoms with Gasteiger partial charge in [-0.15, -0.1) is 0 Å². The summed E-state index contributed by atoms with van der Waals surface area (Å²) in [5.74, 6) is 0. The molecular weight excluding hydrogens is 335 g/mol. The van der Waals surface area contributed by atoms with Gasteiger partial charge in [-0.3, -0.25) is 0 Å². The summed E-state index contributed by atoms with van der Waals surface area (Å²) in [6.45, 7) is 0. The van der Waals surface area contributed by atoms with Crippen LogP contribution in [0.15, 0.2) is 18.3 Å². The number of aromatic nitrogens is 1. The third-order valence-corrected chi connectivity index (χ3v) is 3.88. The Balaban J connectivity index is 2.80. The molecular formula is C12H4Cl3F3N2. The molecule has 1 aromatic carbocycles. The van der Waals surface area contributed by atoms with Gasteiger partial charge in [-0.25, -0.2) is 0 Å². The van der Waals surface area contributed by atoms with Gasteiger partial charge in [-0.1, -0.05) is 40.9 Å². The van der Waals surface area contributed by atoms with E-state index in [2.05, 4.69) is 0 Å². The Morgan fingerprint density at radius 2 is 1.75 bits per heavy atom. The molecule has 8 heteroatoms. The second kappa shape index (κ2) is 5.21. The van der Waals surface area contributed by atoms with Crippen molar-refractivity contribution in [1.29, 1.82) is 5.26 Å². The number of H-pyrrole nitrogens is 1. The smallest absolute Gasteiger partial charge is 0.356 e. The van der Waals surface area contributed by atoms with Crippen LogP contribution in [0.5, 0.6) is 0 Å².